The molecule has 17 heteroatoms. The van der Waals surface area contributed by atoms with E-state index >= 15 is 0 Å². The number of alkyl halides is 3. The number of aromatic nitrogens is 3. The van der Waals surface area contributed by atoms with Crippen LogP contribution in [-0.4, -0.2) is 73.1 Å². The highest BCUT2D eigenvalue weighted by Gasteiger charge is 2.42. The van der Waals surface area contributed by atoms with E-state index in [4.69, 9.17) is 5.11 Å². The smallest absolute Gasteiger partial charge is 0.451 e. The van der Waals surface area contributed by atoms with Crippen molar-refractivity contribution in [2.75, 3.05) is 6.54 Å². The second-order valence-electron chi connectivity index (χ2n) is 11.6. The van der Waals surface area contributed by atoms with E-state index in [1.165, 1.54) is 4.90 Å². The lowest BCUT2D eigenvalue weighted by atomic mass is 9.88. The maximum Gasteiger partial charge on any atom is 0.451 e. The average Bonchev–Trinajstić information content (AvgIpc) is 3.61. The molecular weight excluding hydrogens is 614 g/mol. The number of rotatable bonds is 10. The van der Waals surface area contributed by atoms with Crippen molar-refractivity contribution < 1.29 is 50.6 Å². The van der Waals surface area contributed by atoms with Crippen LogP contribution < -0.4 is 10.6 Å². The summed E-state index contributed by atoms with van der Waals surface area (Å²) in [5.74, 6) is -8.25. The molecule has 4 atom stereocenters. The normalized spacial score (nSPS) is 19.6. The highest BCUT2D eigenvalue weighted by molar-refractivity contribution is 5.92. The van der Waals surface area contributed by atoms with Gasteiger partial charge in [-0.25, -0.2) is 18.0 Å². The van der Waals surface area contributed by atoms with Crippen molar-refractivity contribution in [1.29, 1.82) is 0 Å². The molecule has 3 amide bonds. The number of amides is 3. The van der Waals surface area contributed by atoms with Gasteiger partial charge in [0.15, 0.2) is 11.6 Å². The summed E-state index contributed by atoms with van der Waals surface area (Å²) in [7, 11) is 0. The zero-order valence-corrected chi connectivity index (χ0v) is 24.3. The predicted molar refractivity (Wildman–Crippen MR) is 143 cm³/mol. The SMILES string of the molecule is CC(C)C(NC(=O)O)C(=O)N1CCCC1C(=O)NC(CC(=O)C1CCn2c(nnc2C(F)(F)F)C1)Cc1cc(F)c(F)cc1F. The number of nitrogens with one attached hydrogen (secondary N) is 2. The molecule has 246 valence electrons. The molecule has 1 fully saturated rings. The Hall–Kier alpha value is -4.18. The summed E-state index contributed by atoms with van der Waals surface area (Å²) in [6.07, 6.45) is -6.60. The van der Waals surface area contributed by atoms with Crippen molar-refractivity contribution in [3.8, 4) is 0 Å². The third-order valence-corrected chi connectivity index (χ3v) is 8.07. The molecule has 3 heterocycles. The van der Waals surface area contributed by atoms with E-state index in [0.717, 1.165) is 4.57 Å². The zero-order chi connectivity index (χ0) is 33.2. The minimum atomic E-state index is -4.74. The summed E-state index contributed by atoms with van der Waals surface area (Å²) in [5.41, 5.74) is -0.338. The van der Waals surface area contributed by atoms with Crippen LogP contribution in [-0.2, 0) is 39.9 Å². The van der Waals surface area contributed by atoms with Gasteiger partial charge in [-0.3, -0.25) is 14.4 Å². The molecule has 45 heavy (non-hydrogen) atoms. The zero-order valence-electron chi connectivity index (χ0n) is 24.3. The van der Waals surface area contributed by atoms with Gasteiger partial charge in [-0.05, 0) is 43.2 Å². The molecule has 0 saturated carbocycles. The van der Waals surface area contributed by atoms with Crippen molar-refractivity contribution in [3.05, 3.63) is 46.8 Å². The van der Waals surface area contributed by atoms with Crippen LogP contribution in [0.15, 0.2) is 12.1 Å². The largest absolute Gasteiger partial charge is 0.465 e. The van der Waals surface area contributed by atoms with E-state index in [9.17, 15) is 45.5 Å². The molecule has 1 aromatic carbocycles. The molecule has 3 N–H and O–H groups in total. The Bertz CT molecular complexity index is 1460. The lowest BCUT2D eigenvalue weighted by Gasteiger charge is -2.31. The molecule has 2 aromatic rings. The Labute approximate surface area is 253 Å². The first-order chi connectivity index (χ1) is 21.1. The van der Waals surface area contributed by atoms with E-state index < -0.39 is 95.9 Å². The van der Waals surface area contributed by atoms with Gasteiger partial charge in [0.1, 0.15) is 29.5 Å². The highest BCUT2D eigenvalue weighted by Crippen LogP contribution is 2.32. The molecule has 0 radical (unpaired) electrons. The number of benzene rings is 1. The van der Waals surface area contributed by atoms with Gasteiger partial charge in [0, 0.05) is 44.0 Å². The van der Waals surface area contributed by atoms with Gasteiger partial charge in [-0.1, -0.05) is 13.8 Å². The minimum Gasteiger partial charge on any atom is -0.465 e. The van der Waals surface area contributed by atoms with Gasteiger partial charge in [0.2, 0.25) is 17.6 Å². The van der Waals surface area contributed by atoms with Crippen molar-refractivity contribution in [2.45, 2.75) is 83.2 Å². The van der Waals surface area contributed by atoms with Gasteiger partial charge < -0.3 is 25.2 Å². The number of likely N-dealkylation sites (tertiary alicyclic amines) is 1. The van der Waals surface area contributed by atoms with E-state index in [1.807, 2.05) is 0 Å². The molecule has 11 nitrogen and oxygen atoms in total. The summed E-state index contributed by atoms with van der Waals surface area (Å²) >= 11 is 0. The summed E-state index contributed by atoms with van der Waals surface area (Å²) in [6, 6.07) is -2.44. The number of carbonyl (C=O) groups is 4. The number of fused-ring (bicyclic) bond motifs is 1. The van der Waals surface area contributed by atoms with Crippen molar-refractivity contribution >= 4 is 23.7 Å². The van der Waals surface area contributed by atoms with Crippen LogP contribution in [0.25, 0.3) is 0 Å². The lowest BCUT2D eigenvalue weighted by Crippen LogP contribution is -2.56. The number of halogens is 6. The highest BCUT2D eigenvalue weighted by atomic mass is 19.4. The molecule has 2 aliphatic rings. The molecule has 4 unspecified atom stereocenters. The second-order valence-corrected chi connectivity index (χ2v) is 11.6. The number of hydrogen-bond donors (Lipinski definition) is 3. The fourth-order valence-electron chi connectivity index (χ4n) is 5.81. The first-order valence-electron chi connectivity index (χ1n) is 14.3. The van der Waals surface area contributed by atoms with Gasteiger partial charge in [0.05, 0.1) is 0 Å². The Morgan fingerprint density at radius 2 is 1.69 bits per heavy atom. The Balaban J connectivity index is 1.54. The Morgan fingerprint density at radius 1 is 1.00 bits per heavy atom. The number of ketones is 1. The third kappa shape index (κ3) is 7.73. The van der Waals surface area contributed by atoms with Gasteiger partial charge in [0.25, 0.3) is 0 Å². The van der Waals surface area contributed by atoms with Gasteiger partial charge in [-0.15, -0.1) is 10.2 Å². The third-order valence-electron chi connectivity index (χ3n) is 8.07. The fourth-order valence-corrected chi connectivity index (χ4v) is 5.81. The van der Waals surface area contributed by atoms with Crippen LogP contribution in [0.3, 0.4) is 0 Å². The summed E-state index contributed by atoms with van der Waals surface area (Å²) in [5, 5.41) is 20.7. The standard InChI is InChI=1S/C28H32F6N6O5/c1-13(2)23(36-27(44)45)25(43)39-6-3-4-20(39)24(42)35-16(8-15-9-18(30)19(31)12-17(15)29)11-21(41)14-5-7-40-22(10-14)37-38-26(40)28(32,33)34/h9,12-14,16,20,23,36H,3-8,10-11H2,1-2H3,(H,35,42)(H,44,45). The lowest BCUT2D eigenvalue weighted by molar-refractivity contribution is -0.147. The summed E-state index contributed by atoms with van der Waals surface area (Å²) in [4.78, 5) is 52.6. The minimum absolute atomic E-state index is 0.00519. The molecular formula is C28H32F6N6O5. The molecule has 0 bridgehead atoms. The Morgan fingerprint density at radius 3 is 2.33 bits per heavy atom. The first-order valence-corrected chi connectivity index (χ1v) is 14.3. The molecule has 4 rings (SSSR count). The quantitative estimate of drug-likeness (QED) is 0.265. The molecule has 0 aliphatic carbocycles. The van der Waals surface area contributed by atoms with E-state index in [0.29, 0.717) is 18.6 Å². The second kappa shape index (κ2) is 13.4. The van der Waals surface area contributed by atoms with E-state index in [-0.39, 0.29) is 43.7 Å². The van der Waals surface area contributed by atoms with Crippen LogP contribution in [0.1, 0.15) is 56.7 Å². The number of carbonyl (C=O) groups excluding carboxylic acids is 3. The van der Waals surface area contributed by atoms with Crippen LogP contribution in [0.4, 0.5) is 31.1 Å². The molecule has 0 spiro atoms. The predicted octanol–water partition coefficient (Wildman–Crippen LogP) is 3.25. The van der Waals surface area contributed by atoms with E-state index in [1.54, 1.807) is 13.8 Å². The first kappa shape index (κ1) is 33.7. The number of nitrogens with zero attached hydrogens (tertiary/aromatic N) is 4. The van der Waals surface area contributed by atoms with Crippen molar-refractivity contribution in [1.82, 2.24) is 30.3 Å². The van der Waals surface area contributed by atoms with Crippen LogP contribution in [0.2, 0.25) is 0 Å². The number of carboxylic acid groups (broad SMARTS) is 1. The van der Waals surface area contributed by atoms with E-state index in [2.05, 4.69) is 20.8 Å². The molecule has 1 saturated heterocycles. The molecule has 1 aromatic heterocycles. The van der Waals surface area contributed by atoms with Gasteiger partial charge in [-0.2, -0.15) is 13.2 Å². The number of Topliss-reactive ketones (excluding diaryl/α,β-unsaturated/α-hetero) is 1. The van der Waals surface area contributed by atoms with Crippen molar-refractivity contribution in [2.24, 2.45) is 11.8 Å². The van der Waals surface area contributed by atoms with Crippen LogP contribution in [0.5, 0.6) is 0 Å². The summed E-state index contributed by atoms with van der Waals surface area (Å²) < 4.78 is 82.7. The maximum absolute atomic E-state index is 14.6. The maximum atomic E-state index is 14.6. The van der Waals surface area contributed by atoms with Crippen LogP contribution >= 0.6 is 0 Å². The monoisotopic (exact) mass is 646 g/mol. The van der Waals surface area contributed by atoms with Crippen LogP contribution in [0, 0.1) is 29.3 Å². The molecule has 2 aliphatic heterocycles. The topological polar surface area (TPSA) is 147 Å². The fraction of sp³-hybridized carbons (Fsp3) is 0.571. The Kier molecular flexibility index (Phi) is 10.1. The summed E-state index contributed by atoms with van der Waals surface area (Å²) in [6.45, 7) is 3.20. The van der Waals surface area contributed by atoms with Crippen molar-refractivity contribution in [3.63, 3.8) is 0 Å². The van der Waals surface area contributed by atoms with Gasteiger partial charge >= 0.3 is 12.3 Å². The average molecular weight is 647 g/mol. The number of hydrogen-bond acceptors (Lipinski definition) is 6.